The van der Waals surface area contributed by atoms with Crippen molar-refractivity contribution in [2.45, 2.75) is 19.4 Å². The number of rotatable bonds is 4. The van der Waals surface area contributed by atoms with Crippen LogP contribution < -0.4 is 5.32 Å². The minimum Gasteiger partial charge on any atom is -0.507 e. The van der Waals surface area contributed by atoms with Crippen molar-refractivity contribution in [1.29, 1.82) is 0 Å². The third-order valence-corrected chi connectivity index (χ3v) is 2.74. The van der Waals surface area contributed by atoms with Gasteiger partial charge in [-0.25, -0.2) is 0 Å². The quantitative estimate of drug-likeness (QED) is 0.789. The molecule has 0 saturated heterocycles. The molecule has 1 aromatic rings. The first-order valence-electron chi connectivity index (χ1n) is 4.98. The summed E-state index contributed by atoms with van der Waals surface area (Å²) in [5.41, 5.74) is 0.196. The summed E-state index contributed by atoms with van der Waals surface area (Å²) in [6.45, 7) is 1.75. The summed E-state index contributed by atoms with van der Waals surface area (Å²) in [5, 5.41) is 21.1. The molecule has 0 unspecified atom stereocenters. The van der Waals surface area contributed by atoms with E-state index in [9.17, 15) is 9.90 Å². The van der Waals surface area contributed by atoms with Gasteiger partial charge >= 0.3 is 0 Å². The van der Waals surface area contributed by atoms with Crippen molar-refractivity contribution in [2.24, 2.45) is 0 Å². The molecule has 1 rings (SSSR count). The Morgan fingerprint density at radius 2 is 2.25 bits per heavy atom. The number of aromatic hydroxyl groups is 1. The van der Waals surface area contributed by atoms with Gasteiger partial charge in [0.05, 0.1) is 18.2 Å². The lowest BCUT2D eigenvalue weighted by molar-refractivity contribution is 0.0912. The van der Waals surface area contributed by atoms with E-state index in [1.54, 1.807) is 6.07 Å². The van der Waals surface area contributed by atoms with Crippen molar-refractivity contribution in [3.63, 3.8) is 0 Å². The number of hydrogen-bond acceptors (Lipinski definition) is 3. The minimum absolute atomic E-state index is 0.0755. The Balaban J connectivity index is 2.83. The van der Waals surface area contributed by atoms with Crippen LogP contribution >= 0.6 is 15.9 Å². The Morgan fingerprint density at radius 3 is 2.81 bits per heavy atom. The van der Waals surface area contributed by atoms with Crippen molar-refractivity contribution in [3.8, 4) is 5.75 Å². The van der Waals surface area contributed by atoms with Crippen LogP contribution in [0, 0.1) is 0 Å². The van der Waals surface area contributed by atoms with Crippen LogP contribution in [0.15, 0.2) is 22.7 Å². The minimum atomic E-state index is -0.389. The molecule has 1 aromatic carbocycles. The molecule has 3 N–H and O–H groups in total. The van der Waals surface area contributed by atoms with Crippen molar-refractivity contribution < 1.29 is 15.0 Å². The van der Waals surface area contributed by atoms with E-state index >= 15 is 0 Å². The van der Waals surface area contributed by atoms with Crippen molar-refractivity contribution in [3.05, 3.63) is 28.2 Å². The van der Waals surface area contributed by atoms with E-state index in [1.807, 2.05) is 6.92 Å². The molecule has 0 aromatic heterocycles. The lowest BCUT2D eigenvalue weighted by Gasteiger charge is -2.14. The van der Waals surface area contributed by atoms with Crippen LogP contribution in [0.5, 0.6) is 5.75 Å². The fourth-order valence-electron chi connectivity index (χ4n) is 1.23. The number of phenols is 1. The van der Waals surface area contributed by atoms with E-state index in [2.05, 4.69) is 21.2 Å². The topological polar surface area (TPSA) is 69.6 Å². The molecule has 16 heavy (non-hydrogen) atoms. The summed E-state index contributed by atoms with van der Waals surface area (Å²) < 4.78 is 0.715. The SMILES string of the molecule is CC[C@@H](CO)NC(=O)c1cc(Br)ccc1O. The molecule has 88 valence electrons. The van der Waals surface area contributed by atoms with Gasteiger partial charge in [0.25, 0.3) is 5.91 Å². The van der Waals surface area contributed by atoms with E-state index in [0.717, 1.165) is 0 Å². The highest BCUT2D eigenvalue weighted by Gasteiger charge is 2.14. The van der Waals surface area contributed by atoms with Gasteiger partial charge in [-0.1, -0.05) is 22.9 Å². The number of aliphatic hydroxyl groups is 1. The Bertz CT molecular complexity index is 377. The molecule has 5 heteroatoms. The van der Waals surface area contributed by atoms with Crippen LogP contribution in [0.1, 0.15) is 23.7 Å². The highest BCUT2D eigenvalue weighted by atomic mass is 79.9. The predicted octanol–water partition coefficient (Wildman–Crippen LogP) is 1.66. The van der Waals surface area contributed by atoms with Gasteiger partial charge in [0.15, 0.2) is 0 Å². The molecule has 0 bridgehead atoms. The lowest BCUT2D eigenvalue weighted by atomic mass is 10.1. The van der Waals surface area contributed by atoms with Gasteiger partial charge in [0.1, 0.15) is 5.75 Å². The molecule has 1 amide bonds. The molecule has 4 nitrogen and oxygen atoms in total. The number of carbonyl (C=O) groups is 1. The van der Waals surface area contributed by atoms with Gasteiger partial charge in [-0.15, -0.1) is 0 Å². The first-order chi connectivity index (χ1) is 7.58. The molecule has 0 saturated carbocycles. The zero-order chi connectivity index (χ0) is 12.1. The summed E-state index contributed by atoms with van der Waals surface area (Å²) in [6, 6.07) is 4.34. The van der Waals surface area contributed by atoms with Crippen LogP contribution in [-0.2, 0) is 0 Å². The van der Waals surface area contributed by atoms with Crippen molar-refractivity contribution >= 4 is 21.8 Å². The molecule has 1 atom stereocenters. The number of amides is 1. The maximum Gasteiger partial charge on any atom is 0.255 e. The van der Waals surface area contributed by atoms with E-state index in [1.165, 1.54) is 12.1 Å². The third-order valence-electron chi connectivity index (χ3n) is 2.25. The summed E-state index contributed by atoms with van der Waals surface area (Å²) in [7, 11) is 0. The van der Waals surface area contributed by atoms with Crippen molar-refractivity contribution in [1.82, 2.24) is 5.32 Å². The number of benzene rings is 1. The van der Waals surface area contributed by atoms with Crippen LogP contribution in [0.3, 0.4) is 0 Å². The van der Waals surface area contributed by atoms with Crippen molar-refractivity contribution in [2.75, 3.05) is 6.61 Å². The second-order valence-corrected chi connectivity index (χ2v) is 4.34. The zero-order valence-electron chi connectivity index (χ0n) is 8.90. The second-order valence-electron chi connectivity index (χ2n) is 3.42. The number of halogens is 1. The van der Waals surface area contributed by atoms with Gasteiger partial charge in [-0.2, -0.15) is 0 Å². The van der Waals surface area contributed by atoms with Crippen LogP contribution in [0.4, 0.5) is 0 Å². The van der Waals surface area contributed by atoms with E-state index in [-0.39, 0.29) is 29.9 Å². The molecule has 0 aliphatic carbocycles. The first-order valence-corrected chi connectivity index (χ1v) is 5.78. The second kappa shape index (κ2) is 5.86. The molecule has 0 radical (unpaired) electrons. The summed E-state index contributed by atoms with van der Waals surface area (Å²) in [5.74, 6) is -0.465. The Hall–Kier alpha value is -1.07. The number of phenolic OH excluding ortho intramolecular Hbond substituents is 1. The van der Waals surface area contributed by atoms with Gasteiger partial charge in [0, 0.05) is 4.47 Å². The van der Waals surface area contributed by atoms with E-state index in [4.69, 9.17) is 5.11 Å². The highest BCUT2D eigenvalue weighted by Crippen LogP contribution is 2.21. The average Bonchev–Trinajstić information content (AvgIpc) is 2.28. The van der Waals surface area contributed by atoms with Gasteiger partial charge in [0.2, 0.25) is 0 Å². The summed E-state index contributed by atoms with van der Waals surface area (Å²) >= 11 is 3.22. The third kappa shape index (κ3) is 3.21. The maximum absolute atomic E-state index is 11.7. The van der Waals surface area contributed by atoms with Gasteiger partial charge in [-0.05, 0) is 24.6 Å². The monoisotopic (exact) mass is 287 g/mol. The lowest BCUT2D eigenvalue weighted by Crippen LogP contribution is -2.36. The molecule has 0 aliphatic heterocycles. The fourth-order valence-corrected chi connectivity index (χ4v) is 1.59. The number of carbonyl (C=O) groups excluding carboxylic acids is 1. The first kappa shape index (κ1) is 13.0. The summed E-state index contributed by atoms with van der Waals surface area (Å²) in [6.07, 6.45) is 0.636. The normalized spacial score (nSPS) is 12.2. The molecule has 0 aliphatic rings. The van der Waals surface area contributed by atoms with Crippen LogP contribution in [-0.4, -0.2) is 28.8 Å². The van der Waals surface area contributed by atoms with Crippen LogP contribution in [0.2, 0.25) is 0 Å². The number of aliphatic hydroxyl groups excluding tert-OH is 1. The predicted molar refractivity (Wildman–Crippen MR) is 64.4 cm³/mol. The molecule has 0 heterocycles. The Kier molecular flexibility index (Phi) is 4.76. The van der Waals surface area contributed by atoms with Gasteiger partial charge < -0.3 is 15.5 Å². The number of nitrogens with one attached hydrogen (secondary N) is 1. The Labute approximate surface area is 102 Å². The Morgan fingerprint density at radius 1 is 1.56 bits per heavy atom. The number of hydrogen-bond donors (Lipinski definition) is 3. The molecular weight excluding hydrogens is 274 g/mol. The summed E-state index contributed by atoms with van der Waals surface area (Å²) in [4.78, 5) is 11.7. The standard InChI is InChI=1S/C11H14BrNO3/c1-2-8(6-14)13-11(16)9-5-7(12)3-4-10(9)15/h3-5,8,14-15H,2,6H2,1H3,(H,13,16)/t8-/m0/s1. The fraction of sp³-hybridized carbons (Fsp3) is 0.364. The van der Waals surface area contributed by atoms with E-state index in [0.29, 0.717) is 10.9 Å². The molecular formula is C11H14BrNO3. The molecule has 0 fully saturated rings. The highest BCUT2D eigenvalue weighted by molar-refractivity contribution is 9.10. The molecule has 0 spiro atoms. The van der Waals surface area contributed by atoms with Crippen LogP contribution in [0.25, 0.3) is 0 Å². The maximum atomic E-state index is 11.7. The average molecular weight is 288 g/mol. The van der Waals surface area contributed by atoms with E-state index < -0.39 is 0 Å². The zero-order valence-corrected chi connectivity index (χ0v) is 10.5. The largest absolute Gasteiger partial charge is 0.507 e. The smallest absolute Gasteiger partial charge is 0.255 e. The van der Waals surface area contributed by atoms with Gasteiger partial charge in [-0.3, -0.25) is 4.79 Å².